The fourth-order valence-electron chi connectivity index (χ4n) is 4.31. The number of sulfonamides is 1. The van der Waals surface area contributed by atoms with Gasteiger partial charge in [0.05, 0.1) is 22.7 Å². The lowest BCUT2D eigenvalue weighted by Gasteiger charge is -2.26. The Morgan fingerprint density at radius 2 is 1.60 bits per heavy atom. The molecule has 35 heavy (non-hydrogen) atoms. The van der Waals surface area contributed by atoms with Crippen molar-refractivity contribution in [3.8, 4) is 0 Å². The molecule has 3 aromatic rings. The molecule has 0 saturated heterocycles. The van der Waals surface area contributed by atoms with Gasteiger partial charge in [0.1, 0.15) is 0 Å². The van der Waals surface area contributed by atoms with Crippen molar-refractivity contribution in [2.75, 3.05) is 16.6 Å². The number of hydrogen-bond donors (Lipinski definition) is 1. The normalized spacial score (nSPS) is 14.1. The number of anilines is 1. The molecule has 1 N–H and O–H groups in total. The van der Waals surface area contributed by atoms with Crippen molar-refractivity contribution < 1.29 is 13.2 Å². The average molecular weight is 509 g/mol. The molecule has 1 fully saturated rings. The molecular weight excluding hydrogens is 476 g/mol. The Morgan fingerprint density at radius 1 is 0.943 bits per heavy atom. The van der Waals surface area contributed by atoms with Gasteiger partial charge >= 0.3 is 0 Å². The summed E-state index contributed by atoms with van der Waals surface area (Å²) in [6.45, 7) is 2.60. The molecule has 1 amide bonds. The van der Waals surface area contributed by atoms with Gasteiger partial charge in [0.25, 0.3) is 15.9 Å². The van der Waals surface area contributed by atoms with Gasteiger partial charge in [-0.15, -0.1) is 0 Å². The van der Waals surface area contributed by atoms with Gasteiger partial charge in [-0.1, -0.05) is 73.0 Å². The van der Waals surface area contributed by atoms with E-state index in [-0.39, 0.29) is 17.3 Å². The first kappa shape index (κ1) is 25.3. The van der Waals surface area contributed by atoms with Crippen LogP contribution in [0.2, 0.25) is 0 Å². The van der Waals surface area contributed by atoms with Crippen molar-refractivity contribution in [1.82, 2.24) is 5.32 Å². The summed E-state index contributed by atoms with van der Waals surface area (Å²) < 4.78 is 29.0. The van der Waals surface area contributed by atoms with Crippen LogP contribution in [0.4, 0.5) is 5.69 Å². The van der Waals surface area contributed by atoms with Crippen LogP contribution in [0, 0.1) is 6.92 Å². The molecular formula is C28H32N2O3S2. The maximum Gasteiger partial charge on any atom is 0.264 e. The highest BCUT2D eigenvalue weighted by molar-refractivity contribution is 7.99. The van der Waals surface area contributed by atoms with E-state index in [1.54, 1.807) is 48.5 Å². The lowest BCUT2D eigenvalue weighted by Crippen LogP contribution is -2.34. The van der Waals surface area contributed by atoms with E-state index in [4.69, 9.17) is 0 Å². The maximum atomic E-state index is 13.8. The van der Waals surface area contributed by atoms with Gasteiger partial charge in [0.15, 0.2) is 0 Å². The first-order valence-electron chi connectivity index (χ1n) is 12.1. The fourth-order valence-corrected chi connectivity index (χ4v) is 7.00. The molecule has 0 unspecified atom stereocenters. The zero-order chi connectivity index (χ0) is 24.7. The number of benzene rings is 3. The predicted octanol–water partition coefficient (Wildman–Crippen LogP) is 5.80. The highest BCUT2D eigenvalue weighted by Crippen LogP contribution is 2.30. The number of carbonyl (C=O) groups excluding carboxylic acids is 1. The SMILES string of the molecule is Cc1ccc(S(=O)(=O)N(Cc2ccccc2)c2ccccc2C(=O)NCCSC2CCCC2)cc1. The average Bonchev–Trinajstić information content (AvgIpc) is 3.39. The van der Waals surface area contributed by atoms with E-state index in [0.717, 1.165) is 16.9 Å². The number of nitrogens with zero attached hydrogens (tertiary/aromatic N) is 1. The van der Waals surface area contributed by atoms with E-state index in [0.29, 0.717) is 23.0 Å². The number of aryl methyl sites for hydroxylation is 1. The number of nitrogens with one attached hydrogen (secondary N) is 1. The molecule has 0 aromatic heterocycles. The van der Waals surface area contributed by atoms with Crippen LogP contribution in [-0.4, -0.2) is 31.9 Å². The van der Waals surface area contributed by atoms with Gasteiger partial charge in [0.2, 0.25) is 0 Å². The third-order valence-electron chi connectivity index (χ3n) is 6.24. The summed E-state index contributed by atoms with van der Waals surface area (Å²) in [5.74, 6) is 0.596. The van der Waals surface area contributed by atoms with Crippen molar-refractivity contribution in [3.63, 3.8) is 0 Å². The maximum absolute atomic E-state index is 13.8. The Bertz CT molecular complexity index is 1220. The number of hydrogen-bond acceptors (Lipinski definition) is 4. The van der Waals surface area contributed by atoms with Crippen molar-refractivity contribution in [3.05, 3.63) is 95.6 Å². The van der Waals surface area contributed by atoms with Crippen LogP contribution in [0.3, 0.4) is 0 Å². The predicted molar refractivity (Wildman–Crippen MR) is 144 cm³/mol. The van der Waals surface area contributed by atoms with Crippen molar-refractivity contribution in [1.29, 1.82) is 0 Å². The fraction of sp³-hybridized carbons (Fsp3) is 0.321. The summed E-state index contributed by atoms with van der Waals surface area (Å²) >= 11 is 1.92. The minimum Gasteiger partial charge on any atom is -0.351 e. The highest BCUT2D eigenvalue weighted by Gasteiger charge is 2.28. The summed E-state index contributed by atoms with van der Waals surface area (Å²) in [6.07, 6.45) is 5.10. The summed E-state index contributed by atoms with van der Waals surface area (Å²) in [5, 5.41) is 3.69. The number of amides is 1. The minimum atomic E-state index is -3.91. The Kier molecular flexibility index (Phi) is 8.52. The van der Waals surface area contributed by atoms with Gasteiger partial charge in [-0.05, 0) is 49.6 Å². The van der Waals surface area contributed by atoms with Crippen molar-refractivity contribution in [2.24, 2.45) is 0 Å². The van der Waals surface area contributed by atoms with E-state index in [1.807, 2.05) is 49.0 Å². The molecule has 7 heteroatoms. The van der Waals surface area contributed by atoms with Gasteiger partial charge in [0, 0.05) is 17.5 Å². The van der Waals surface area contributed by atoms with Gasteiger partial charge in [-0.2, -0.15) is 11.8 Å². The molecule has 0 heterocycles. The van der Waals surface area contributed by atoms with E-state index in [1.165, 1.54) is 30.0 Å². The molecule has 1 saturated carbocycles. The summed E-state index contributed by atoms with van der Waals surface area (Å²) in [7, 11) is -3.91. The molecule has 0 aliphatic heterocycles. The zero-order valence-corrected chi connectivity index (χ0v) is 21.7. The van der Waals surface area contributed by atoms with E-state index < -0.39 is 10.0 Å². The van der Waals surface area contributed by atoms with Crippen LogP contribution in [0.15, 0.2) is 83.8 Å². The third kappa shape index (κ3) is 6.47. The van der Waals surface area contributed by atoms with Crippen molar-refractivity contribution in [2.45, 2.75) is 49.3 Å². The third-order valence-corrected chi connectivity index (χ3v) is 9.40. The molecule has 184 valence electrons. The number of carbonyl (C=O) groups is 1. The minimum absolute atomic E-state index is 0.124. The number of para-hydroxylation sites is 1. The monoisotopic (exact) mass is 508 g/mol. The highest BCUT2D eigenvalue weighted by atomic mass is 32.2. The molecule has 0 bridgehead atoms. The number of thioether (sulfide) groups is 1. The second-order valence-corrected chi connectivity index (χ2v) is 12.1. The largest absolute Gasteiger partial charge is 0.351 e. The van der Waals surface area contributed by atoms with Crippen LogP contribution in [-0.2, 0) is 16.6 Å². The summed E-state index contributed by atoms with van der Waals surface area (Å²) in [4.78, 5) is 13.4. The lowest BCUT2D eigenvalue weighted by molar-refractivity contribution is 0.0957. The topological polar surface area (TPSA) is 66.5 Å². The Labute approximate surface area is 213 Å². The van der Waals surface area contributed by atoms with E-state index in [9.17, 15) is 13.2 Å². The molecule has 3 aromatic carbocycles. The van der Waals surface area contributed by atoms with Crippen LogP contribution < -0.4 is 9.62 Å². The van der Waals surface area contributed by atoms with Gasteiger partial charge < -0.3 is 5.32 Å². The summed E-state index contributed by atoms with van der Waals surface area (Å²) in [6, 6.07) is 23.2. The first-order chi connectivity index (χ1) is 16.9. The Hall–Kier alpha value is -2.77. The van der Waals surface area contributed by atoms with Gasteiger partial charge in [-0.3, -0.25) is 9.10 Å². The zero-order valence-electron chi connectivity index (χ0n) is 20.0. The van der Waals surface area contributed by atoms with Crippen LogP contribution in [0.1, 0.15) is 47.2 Å². The number of rotatable bonds is 10. The molecule has 0 atom stereocenters. The van der Waals surface area contributed by atoms with Crippen molar-refractivity contribution >= 4 is 33.4 Å². The van der Waals surface area contributed by atoms with E-state index in [2.05, 4.69) is 5.32 Å². The second kappa shape index (κ2) is 11.8. The van der Waals surface area contributed by atoms with Crippen LogP contribution in [0.25, 0.3) is 0 Å². The van der Waals surface area contributed by atoms with E-state index >= 15 is 0 Å². The molecule has 5 nitrogen and oxygen atoms in total. The molecule has 0 spiro atoms. The second-order valence-electron chi connectivity index (χ2n) is 8.86. The molecule has 4 rings (SSSR count). The van der Waals surface area contributed by atoms with Crippen LogP contribution >= 0.6 is 11.8 Å². The van der Waals surface area contributed by atoms with Crippen LogP contribution in [0.5, 0.6) is 0 Å². The summed E-state index contributed by atoms with van der Waals surface area (Å²) in [5.41, 5.74) is 2.54. The smallest absolute Gasteiger partial charge is 0.264 e. The quantitative estimate of drug-likeness (QED) is 0.352. The first-order valence-corrected chi connectivity index (χ1v) is 14.6. The molecule has 1 aliphatic rings. The molecule has 0 radical (unpaired) electrons. The van der Waals surface area contributed by atoms with Gasteiger partial charge in [-0.25, -0.2) is 8.42 Å². The lowest BCUT2D eigenvalue weighted by atomic mass is 10.1. The standard InChI is InChI=1S/C28H32N2O3S2/c1-22-15-17-25(18-16-22)35(32,33)30(21-23-9-3-2-4-10-23)27-14-8-7-13-26(27)28(31)29-19-20-34-24-11-5-6-12-24/h2-4,7-10,13-18,24H,5-6,11-12,19-21H2,1H3,(H,29,31). The Balaban J connectivity index is 1.60. The molecule has 1 aliphatic carbocycles. The Morgan fingerprint density at radius 3 is 2.31 bits per heavy atom.